The van der Waals surface area contributed by atoms with Gasteiger partial charge in [-0.15, -0.1) is 0 Å². The van der Waals surface area contributed by atoms with Gasteiger partial charge in [-0.25, -0.2) is 0 Å². The Kier molecular flexibility index (Phi) is 4.57. The third kappa shape index (κ3) is 2.92. The van der Waals surface area contributed by atoms with Gasteiger partial charge >= 0.3 is 0 Å². The highest BCUT2D eigenvalue weighted by Crippen LogP contribution is 2.42. The van der Waals surface area contributed by atoms with Crippen LogP contribution in [-0.4, -0.2) is 13.2 Å². The molecule has 0 unspecified atom stereocenters. The van der Waals surface area contributed by atoms with Crippen molar-refractivity contribution >= 4 is 22.1 Å². The van der Waals surface area contributed by atoms with E-state index in [0.29, 0.717) is 13.2 Å². The summed E-state index contributed by atoms with van der Waals surface area (Å²) in [5.74, 6) is 1.60. The van der Waals surface area contributed by atoms with E-state index in [9.17, 15) is 0 Å². The second-order valence-electron chi connectivity index (χ2n) is 6.39. The lowest BCUT2D eigenvalue weighted by molar-refractivity contribution is 0.274. The highest BCUT2D eigenvalue weighted by atomic mass is 16.5. The van der Waals surface area contributed by atoms with Crippen LogP contribution >= 0.6 is 0 Å². The highest BCUT2D eigenvalue weighted by Gasteiger charge is 2.24. The molecule has 0 spiro atoms. The predicted octanol–water partition coefficient (Wildman–Crippen LogP) is 5.56. The molecule has 1 aliphatic heterocycles. The van der Waals surface area contributed by atoms with E-state index in [1.807, 2.05) is 19.1 Å². The number of ether oxygens (including phenoxy) is 2. The minimum Gasteiger partial charge on any atom is -0.490 e. The van der Waals surface area contributed by atoms with Crippen molar-refractivity contribution in [3.8, 4) is 11.5 Å². The van der Waals surface area contributed by atoms with Crippen molar-refractivity contribution in [2.75, 3.05) is 23.8 Å². The van der Waals surface area contributed by atoms with Crippen molar-refractivity contribution in [2.24, 2.45) is 0 Å². The van der Waals surface area contributed by atoms with Gasteiger partial charge in [0.1, 0.15) is 6.17 Å². The number of hydrogen-bond acceptors (Lipinski definition) is 4. The van der Waals surface area contributed by atoms with E-state index in [1.54, 1.807) is 0 Å². The van der Waals surface area contributed by atoms with Crippen molar-refractivity contribution in [1.82, 2.24) is 0 Å². The molecule has 1 heterocycles. The van der Waals surface area contributed by atoms with Crippen LogP contribution in [0.15, 0.2) is 54.6 Å². The summed E-state index contributed by atoms with van der Waals surface area (Å²) in [5.41, 5.74) is 3.31. The van der Waals surface area contributed by atoms with Crippen LogP contribution in [0.3, 0.4) is 0 Å². The summed E-state index contributed by atoms with van der Waals surface area (Å²) < 4.78 is 11.9. The molecule has 134 valence electrons. The zero-order chi connectivity index (χ0) is 17.9. The van der Waals surface area contributed by atoms with Crippen LogP contribution in [-0.2, 0) is 0 Å². The molecule has 3 aromatic carbocycles. The molecule has 0 aliphatic carbocycles. The molecule has 0 bridgehead atoms. The molecule has 0 saturated carbocycles. The first-order valence-electron chi connectivity index (χ1n) is 9.25. The summed E-state index contributed by atoms with van der Waals surface area (Å²) in [6, 6.07) is 18.8. The molecule has 0 amide bonds. The molecular formula is C22H24N2O2. The molecular weight excluding hydrogens is 324 g/mol. The first-order valence-corrected chi connectivity index (χ1v) is 9.25. The van der Waals surface area contributed by atoms with Crippen LogP contribution in [0.2, 0.25) is 0 Å². The normalized spacial score (nSPS) is 13.2. The third-order valence-corrected chi connectivity index (χ3v) is 4.58. The Balaban J connectivity index is 1.76. The first-order chi connectivity index (χ1) is 12.8. The number of hydrogen-bond donors (Lipinski definition) is 2. The van der Waals surface area contributed by atoms with E-state index in [4.69, 9.17) is 9.47 Å². The molecule has 26 heavy (non-hydrogen) atoms. The Morgan fingerprint density at radius 2 is 1.54 bits per heavy atom. The van der Waals surface area contributed by atoms with Gasteiger partial charge in [0.25, 0.3) is 0 Å². The predicted molar refractivity (Wildman–Crippen MR) is 107 cm³/mol. The molecule has 2 N–H and O–H groups in total. The number of benzene rings is 3. The highest BCUT2D eigenvalue weighted by molar-refractivity contribution is 6.04. The van der Waals surface area contributed by atoms with Gasteiger partial charge in [-0.2, -0.15) is 0 Å². The molecule has 0 fully saturated rings. The maximum Gasteiger partial charge on any atom is 0.168 e. The van der Waals surface area contributed by atoms with E-state index in [1.165, 1.54) is 10.8 Å². The lowest BCUT2D eigenvalue weighted by Gasteiger charge is -2.31. The van der Waals surface area contributed by atoms with E-state index in [2.05, 4.69) is 60.0 Å². The van der Waals surface area contributed by atoms with Gasteiger partial charge in [-0.1, -0.05) is 43.3 Å². The summed E-state index contributed by atoms with van der Waals surface area (Å²) in [6.45, 7) is 5.37. The van der Waals surface area contributed by atoms with E-state index >= 15 is 0 Å². The smallest absolute Gasteiger partial charge is 0.168 e. The van der Waals surface area contributed by atoms with Crippen LogP contribution in [0.1, 0.15) is 32.0 Å². The number of para-hydroxylation sites is 1. The monoisotopic (exact) mass is 348 g/mol. The summed E-state index contributed by atoms with van der Waals surface area (Å²) in [7, 11) is 0. The van der Waals surface area contributed by atoms with Gasteiger partial charge in [-0.3, -0.25) is 0 Å². The van der Waals surface area contributed by atoms with E-state index < -0.39 is 0 Å². The molecule has 3 aromatic rings. The van der Waals surface area contributed by atoms with E-state index in [0.717, 1.165) is 34.9 Å². The Morgan fingerprint density at radius 3 is 2.19 bits per heavy atom. The lowest BCUT2D eigenvalue weighted by atomic mass is 10.0. The van der Waals surface area contributed by atoms with Crippen molar-refractivity contribution in [1.29, 1.82) is 0 Å². The van der Waals surface area contributed by atoms with Gasteiger partial charge in [-0.05, 0) is 36.9 Å². The van der Waals surface area contributed by atoms with Crippen molar-refractivity contribution < 1.29 is 9.47 Å². The van der Waals surface area contributed by atoms with Gasteiger partial charge in [0, 0.05) is 22.3 Å². The second-order valence-corrected chi connectivity index (χ2v) is 6.39. The maximum absolute atomic E-state index is 6.08. The van der Waals surface area contributed by atoms with Crippen LogP contribution in [0.25, 0.3) is 10.8 Å². The molecule has 0 atom stereocenters. The number of nitrogens with one attached hydrogen (secondary N) is 2. The lowest BCUT2D eigenvalue weighted by Crippen LogP contribution is -2.24. The minimum atomic E-state index is -0.0808. The molecule has 4 nitrogen and oxygen atoms in total. The standard InChI is InChI=1S/C22H24N2O2/c1-3-14-26-21-16(10-7-13-19(21)25-4-2)22-23-17-11-5-8-15-9-6-12-18(24-22)20(15)17/h5-13,22-24H,3-4,14H2,1-2H3. The zero-order valence-electron chi connectivity index (χ0n) is 15.2. The Labute approximate surface area is 154 Å². The summed E-state index contributed by atoms with van der Waals surface area (Å²) >= 11 is 0. The molecule has 4 heteroatoms. The molecule has 0 saturated heterocycles. The Hall–Kier alpha value is -2.88. The first kappa shape index (κ1) is 16.6. The quantitative estimate of drug-likeness (QED) is 0.612. The average Bonchev–Trinajstić information content (AvgIpc) is 2.67. The van der Waals surface area contributed by atoms with Crippen LogP contribution < -0.4 is 20.1 Å². The SMILES string of the molecule is CCCOc1c(OCC)cccc1C1Nc2cccc3cccc(c23)N1. The Morgan fingerprint density at radius 1 is 0.846 bits per heavy atom. The summed E-state index contributed by atoms with van der Waals surface area (Å²) in [6.07, 6.45) is 0.871. The molecule has 0 radical (unpaired) electrons. The van der Waals surface area contributed by atoms with Crippen molar-refractivity contribution in [2.45, 2.75) is 26.4 Å². The number of rotatable bonds is 6. The fourth-order valence-corrected chi connectivity index (χ4v) is 3.47. The van der Waals surface area contributed by atoms with Gasteiger partial charge in [0.2, 0.25) is 0 Å². The van der Waals surface area contributed by atoms with Crippen molar-refractivity contribution in [3.63, 3.8) is 0 Å². The van der Waals surface area contributed by atoms with E-state index in [-0.39, 0.29) is 6.17 Å². The molecule has 1 aliphatic rings. The molecule has 0 aromatic heterocycles. The second kappa shape index (κ2) is 7.16. The van der Waals surface area contributed by atoms with Gasteiger partial charge < -0.3 is 20.1 Å². The van der Waals surface area contributed by atoms with Crippen LogP contribution in [0.4, 0.5) is 11.4 Å². The fraction of sp³-hybridized carbons (Fsp3) is 0.273. The zero-order valence-corrected chi connectivity index (χ0v) is 15.2. The Bertz CT molecular complexity index is 882. The van der Waals surface area contributed by atoms with Gasteiger partial charge in [0.05, 0.1) is 13.2 Å². The topological polar surface area (TPSA) is 42.5 Å². The largest absolute Gasteiger partial charge is 0.490 e. The minimum absolute atomic E-state index is 0.0808. The van der Waals surface area contributed by atoms with Crippen LogP contribution in [0.5, 0.6) is 11.5 Å². The summed E-state index contributed by atoms with van der Waals surface area (Å²) in [4.78, 5) is 0. The fourth-order valence-electron chi connectivity index (χ4n) is 3.47. The van der Waals surface area contributed by atoms with Crippen LogP contribution in [0, 0.1) is 0 Å². The van der Waals surface area contributed by atoms with Crippen molar-refractivity contribution in [3.05, 3.63) is 60.2 Å². The maximum atomic E-state index is 6.08. The summed E-state index contributed by atoms with van der Waals surface area (Å²) in [5, 5.41) is 9.69. The average molecular weight is 348 g/mol. The third-order valence-electron chi connectivity index (χ3n) is 4.58. The number of anilines is 2. The molecule has 4 rings (SSSR count). The van der Waals surface area contributed by atoms with Gasteiger partial charge in [0.15, 0.2) is 11.5 Å².